The number of hydrazone groups is 1. The maximum atomic E-state index is 9.89. The van der Waals surface area contributed by atoms with Gasteiger partial charge in [0.15, 0.2) is 5.69 Å². The Morgan fingerprint density at radius 3 is 2.68 bits per heavy atom. The van der Waals surface area contributed by atoms with Crippen LogP contribution in [0.1, 0.15) is 5.56 Å². The predicted octanol–water partition coefficient (Wildman–Crippen LogP) is 4.53. The second kappa shape index (κ2) is 7.98. The van der Waals surface area contributed by atoms with Crippen LogP contribution >= 0.6 is 12.2 Å². The lowest BCUT2D eigenvalue weighted by Gasteiger charge is -1.94. The van der Waals surface area contributed by atoms with E-state index in [-0.39, 0.29) is 11.0 Å². The number of aromatic hydroxyl groups is 1. The summed E-state index contributed by atoms with van der Waals surface area (Å²) in [4.78, 5) is 2.83. The summed E-state index contributed by atoms with van der Waals surface area (Å²) in [7, 11) is 0. The van der Waals surface area contributed by atoms with E-state index >= 15 is 0 Å². The number of fused-ring (bicyclic) bond motifs is 1. The average Bonchev–Trinajstić information content (AvgIpc) is 2.95. The quantitative estimate of drug-likeness (QED) is 0.280. The first-order chi connectivity index (χ1) is 12.2. The molecule has 7 heteroatoms. The van der Waals surface area contributed by atoms with E-state index < -0.39 is 0 Å². The van der Waals surface area contributed by atoms with Crippen molar-refractivity contribution in [1.29, 1.82) is 0 Å². The molecule has 0 aliphatic carbocycles. The summed E-state index contributed by atoms with van der Waals surface area (Å²) in [6.07, 6.45) is 5.27. The molecular formula is C18H15N5OS. The Kier molecular flexibility index (Phi) is 5.28. The lowest BCUT2D eigenvalue weighted by atomic mass is 10.2. The largest absolute Gasteiger partial charge is 0.493 e. The van der Waals surface area contributed by atoms with Crippen LogP contribution in [-0.2, 0) is 0 Å². The molecule has 0 saturated heterocycles. The standard InChI is InChI=1S/C18H15N5OS/c24-17-16(14-10-4-5-11-15(14)20-17)21-23-18(25)22-19-12-6-9-13-7-2-1-3-8-13/h1-12,20,24H,(H,22,25)/b9-6+,19-12+,23-21?. The molecule has 0 bridgehead atoms. The van der Waals surface area contributed by atoms with E-state index in [2.05, 4.69) is 25.7 Å². The van der Waals surface area contributed by atoms with Crippen molar-refractivity contribution in [3.8, 4) is 5.88 Å². The van der Waals surface area contributed by atoms with Crippen molar-refractivity contribution in [3.63, 3.8) is 0 Å². The Balaban J connectivity index is 1.58. The van der Waals surface area contributed by atoms with Gasteiger partial charge in [-0.15, -0.1) is 10.2 Å². The maximum Gasteiger partial charge on any atom is 0.234 e. The summed E-state index contributed by atoms with van der Waals surface area (Å²) >= 11 is 5.03. The molecule has 124 valence electrons. The van der Waals surface area contributed by atoms with Crippen LogP contribution in [0.4, 0.5) is 5.69 Å². The van der Waals surface area contributed by atoms with Crippen molar-refractivity contribution in [2.45, 2.75) is 0 Å². The van der Waals surface area contributed by atoms with Crippen LogP contribution in [0.25, 0.3) is 17.0 Å². The number of rotatable bonds is 4. The van der Waals surface area contributed by atoms with Crippen molar-refractivity contribution < 1.29 is 5.11 Å². The fraction of sp³-hybridized carbons (Fsp3) is 0. The third-order valence-electron chi connectivity index (χ3n) is 3.31. The highest BCUT2D eigenvalue weighted by Crippen LogP contribution is 2.35. The van der Waals surface area contributed by atoms with E-state index in [1.807, 2.05) is 60.7 Å². The molecular weight excluding hydrogens is 334 g/mol. The normalized spacial score (nSPS) is 11.8. The van der Waals surface area contributed by atoms with Gasteiger partial charge in [0.25, 0.3) is 0 Å². The van der Waals surface area contributed by atoms with Crippen molar-refractivity contribution in [2.24, 2.45) is 15.3 Å². The number of nitrogens with zero attached hydrogens (tertiary/aromatic N) is 3. The third kappa shape index (κ3) is 4.36. The number of benzene rings is 2. The first-order valence-electron chi connectivity index (χ1n) is 7.50. The number of hydrogen-bond donors (Lipinski definition) is 3. The van der Waals surface area contributed by atoms with Crippen LogP contribution in [-0.4, -0.2) is 21.4 Å². The number of azo groups is 1. The molecule has 6 nitrogen and oxygen atoms in total. The number of allylic oxidation sites excluding steroid dienone is 1. The minimum Gasteiger partial charge on any atom is -0.493 e. The molecule has 0 fully saturated rings. The maximum absolute atomic E-state index is 9.89. The van der Waals surface area contributed by atoms with Crippen LogP contribution in [0.3, 0.4) is 0 Å². The van der Waals surface area contributed by atoms with E-state index in [1.165, 1.54) is 0 Å². The molecule has 0 spiro atoms. The zero-order valence-corrected chi connectivity index (χ0v) is 13.9. The Labute approximate surface area is 149 Å². The predicted molar refractivity (Wildman–Crippen MR) is 104 cm³/mol. The summed E-state index contributed by atoms with van der Waals surface area (Å²) in [6.45, 7) is 0. The van der Waals surface area contributed by atoms with Gasteiger partial charge in [0.2, 0.25) is 11.0 Å². The molecule has 3 aromatic rings. The summed E-state index contributed by atoms with van der Waals surface area (Å²) in [5.41, 5.74) is 4.79. The molecule has 1 heterocycles. The smallest absolute Gasteiger partial charge is 0.234 e. The summed E-state index contributed by atoms with van der Waals surface area (Å²) in [5.74, 6) is -0.0537. The van der Waals surface area contributed by atoms with Crippen molar-refractivity contribution >= 4 is 46.2 Å². The molecule has 0 unspecified atom stereocenters. The first-order valence-corrected chi connectivity index (χ1v) is 7.91. The van der Waals surface area contributed by atoms with Gasteiger partial charge < -0.3 is 10.1 Å². The van der Waals surface area contributed by atoms with Crippen LogP contribution in [0.2, 0.25) is 0 Å². The second-order valence-electron chi connectivity index (χ2n) is 5.03. The zero-order chi connectivity index (χ0) is 17.5. The van der Waals surface area contributed by atoms with E-state index in [0.29, 0.717) is 5.69 Å². The lowest BCUT2D eigenvalue weighted by molar-refractivity contribution is 0.459. The van der Waals surface area contributed by atoms with E-state index in [1.54, 1.807) is 12.3 Å². The van der Waals surface area contributed by atoms with Gasteiger partial charge >= 0.3 is 0 Å². The molecule has 0 saturated carbocycles. The highest BCUT2D eigenvalue weighted by atomic mass is 32.1. The fourth-order valence-electron chi connectivity index (χ4n) is 2.19. The van der Waals surface area contributed by atoms with E-state index in [4.69, 9.17) is 12.2 Å². The highest BCUT2D eigenvalue weighted by Gasteiger charge is 2.09. The molecule has 1 aromatic heterocycles. The third-order valence-corrected chi connectivity index (χ3v) is 3.48. The Hall–Kier alpha value is -3.32. The SMILES string of the molecule is Oc1[nH]c2ccccc2c1N=NC(=S)N/N=C/C=C/c1ccccc1. The zero-order valence-electron chi connectivity index (χ0n) is 13.1. The monoisotopic (exact) mass is 349 g/mol. The van der Waals surface area contributed by atoms with Gasteiger partial charge in [0.1, 0.15) is 0 Å². The van der Waals surface area contributed by atoms with Crippen LogP contribution < -0.4 is 5.43 Å². The number of aromatic amines is 1. The first kappa shape index (κ1) is 16.5. The summed E-state index contributed by atoms with van der Waals surface area (Å²) in [5, 5.41) is 22.5. The Bertz CT molecular complexity index is 960. The van der Waals surface area contributed by atoms with Gasteiger partial charge in [-0.2, -0.15) is 5.10 Å². The minimum absolute atomic E-state index is 0.0537. The highest BCUT2D eigenvalue weighted by molar-refractivity contribution is 7.80. The lowest BCUT2D eigenvalue weighted by Crippen LogP contribution is -2.10. The Morgan fingerprint density at radius 1 is 1.08 bits per heavy atom. The number of aromatic nitrogens is 1. The van der Waals surface area contributed by atoms with Gasteiger partial charge in [-0.3, -0.25) is 5.43 Å². The van der Waals surface area contributed by atoms with Gasteiger partial charge in [-0.1, -0.05) is 54.6 Å². The number of thiocarbonyl (C=S) groups is 1. The second-order valence-corrected chi connectivity index (χ2v) is 5.42. The van der Waals surface area contributed by atoms with Gasteiger partial charge in [-0.25, -0.2) is 0 Å². The van der Waals surface area contributed by atoms with Crippen molar-refractivity contribution in [2.75, 3.05) is 0 Å². The summed E-state index contributed by atoms with van der Waals surface area (Å²) < 4.78 is 0. The molecule has 2 aromatic carbocycles. The van der Waals surface area contributed by atoms with Crippen molar-refractivity contribution in [3.05, 3.63) is 66.2 Å². The molecule has 0 aliphatic rings. The molecule has 3 rings (SSSR count). The van der Waals surface area contributed by atoms with Crippen LogP contribution in [0.15, 0.2) is 76.0 Å². The molecule has 0 aliphatic heterocycles. The summed E-state index contributed by atoms with van der Waals surface area (Å²) in [6, 6.07) is 17.3. The average molecular weight is 349 g/mol. The molecule has 0 amide bonds. The minimum atomic E-state index is -0.0537. The molecule has 0 radical (unpaired) electrons. The van der Waals surface area contributed by atoms with Crippen molar-refractivity contribution in [1.82, 2.24) is 10.4 Å². The Morgan fingerprint density at radius 2 is 1.84 bits per heavy atom. The van der Waals surface area contributed by atoms with Gasteiger partial charge in [0.05, 0.1) is 5.52 Å². The number of para-hydroxylation sites is 1. The fourth-order valence-corrected chi connectivity index (χ4v) is 2.28. The van der Waals surface area contributed by atoms with Gasteiger partial charge in [-0.05, 0) is 29.9 Å². The molecule has 25 heavy (non-hydrogen) atoms. The van der Waals surface area contributed by atoms with E-state index in [0.717, 1.165) is 16.5 Å². The van der Waals surface area contributed by atoms with Crippen LogP contribution in [0, 0.1) is 0 Å². The number of H-pyrrole nitrogens is 1. The van der Waals surface area contributed by atoms with Crippen LogP contribution in [0.5, 0.6) is 5.88 Å². The number of hydrogen-bond acceptors (Lipinski definition) is 4. The number of nitrogens with one attached hydrogen (secondary N) is 2. The molecule has 3 N–H and O–H groups in total. The van der Waals surface area contributed by atoms with Gasteiger partial charge in [0, 0.05) is 11.6 Å². The molecule has 0 atom stereocenters. The van der Waals surface area contributed by atoms with E-state index in [9.17, 15) is 5.11 Å². The topological polar surface area (TPSA) is 85.1 Å².